The topological polar surface area (TPSA) is 68.0 Å². The van der Waals surface area contributed by atoms with E-state index in [2.05, 4.69) is 26.2 Å². The summed E-state index contributed by atoms with van der Waals surface area (Å²) in [7, 11) is 0. The monoisotopic (exact) mass is 271 g/mol. The standard InChI is InChI=1S/C10H14BrN3O/c1-7-8(4-5-9(11)13-7)14-10(15)3-2-6-12/h4-5H,2-3,6,12H2,1H3,(H,14,15). The number of carbonyl (C=O) groups is 1. The SMILES string of the molecule is Cc1nc(Br)ccc1NC(=O)CCCN. The third kappa shape index (κ3) is 3.97. The van der Waals surface area contributed by atoms with Crippen LogP contribution in [0.1, 0.15) is 18.5 Å². The number of aryl methyl sites for hydroxylation is 1. The van der Waals surface area contributed by atoms with Gasteiger partial charge in [0.15, 0.2) is 0 Å². The van der Waals surface area contributed by atoms with Crippen molar-refractivity contribution in [3.63, 3.8) is 0 Å². The molecule has 0 aliphatic heterocycles. The first-order valence-corrected chi connectivity index (χ1v) is 5.56. The lowest BCUT2D eigenvalue weighted by molar-refractivity contribution is -0.116. The van der Waals surface area contributed by atoms with Crippen molar-refractivity contribution >= 4 is 27.5 Å². The highest BCUT2D eigenvalue weighted by molar-refractivity contribution is 9.10. The highest BCUT2D eigenvalue weighted by Crippen LogP contribution is 2.16. The Bertz CT molecular complexity index is 355. The molecule has 0 spiro atoms. The van der Waals surface area contributed by atoms with Crippen LogP contribution in [0.2, 0.25) is 0 Å². The lowest BCUT2D eigenvalue weighted by Crippen LogP contribution is -2.14. The lowest BCUT2D eigenvalue weighted by Gasteiger charge is -2.07. The van der Waals surface area contributed by atoms with Crippen molar-refractivity contribution in [3.05, 3.63) is 22.4 Å². The van der Waals surface area contributed by atoms with Crippen molar-refractivity contribution in [2.24, 2.45) is 5.73 Å². The van der Waals surface area contributed by atoms with Gasteiger partial charge in [0.25, 0.3) is 0 Å². The molecule has 1 heterocycles. The predicted octanol–water partition coefficient (Wildman–Crippen LogP) is 1.83. The second-order valence-corrected chi connectivity index (χ2v) is 4.02. The summed E-state index contributed by atoms with van der Waals surface area (Å²) in [6, 6.07) is 3.62. The Morgan fingerprint density at radius 2 is 2.33 bits per heavy atom. The van der Waals surface area contributed by atoms with Gasteiger partial charge in [-0.05, 0) is 48.0 Å². The smallest absolute Gasteiger partial charge is 0.224 e. The van der Waals surface area contributed by atoms with Gasteiger partial charge < -0.3 is 11.1 Å². The fourth-order valence-electron chi connectivity index (χ4n) is 1.14. The van der Waals surface area contributed by atoms with Gasteiger partial charge in [-0.15, -0.1) is 0 Å². The lowest BCUT2D eigenvalue weighted by atomic mass is 10.2. The number of carbonyl (C=O) groups excluding carboxylic acids is 1. The molecule has 0 bridgehead atoms. The van der Waals surface area contributed by atoms with Gasteiger partial charge in [-0.25, -0.2) is 4.98 Å². The van der Waals surface area contributed by atoms with Gasteiger partial charge in [0.2, 0.25) is 5.91 Å². The Hall–Kier alpha value is -0.940. The summed E-state index contributed by atoms with van der Waals surface area (Å²) in [5.41, 5.74) is 6.87. The molecule has 82 valence electrons. The first-order valence-electron chi connectivity index (χ1n) is 4.76. The first kappa shape index (κ1) is 12.1. The molecule has 5 heteroatoms. The Morgan fingerprint density at radius 1 is 1.60 bits per heavy atom. The third-order valence-corrected chi connectivity index (χ3v) is 2.38. The summed E-state index contributed by atoms with van der Waals surface area (Å²) in [6.45, 7) is 2.38. The van der Waals surface area contributed by atoms with Crippen LogP contribution in [-0.4, -0.2) is 17.4 Å². The maximum Gasteiger partial charge on any atom is 0.224 e. The minimum absolute atomic E-state index is 0.0207. The van der Waals surface area contributed by atoms with E-state index in [1.165, 1.54) is 0 Å². The molecular formula is C10H14BrN3O. The van der Waals surface area contributed by atoms with E-state index in [0.29, 0.717) is 19.4 Å². The fourth-order valence-corrected chi connectivity index (χ4v) is 1.54. The van der Waals surface area contributed by atoms with Crippen LogP contribution in [0.3, 0.4) is 0 Å². The molecule has 0 aliphatic rings. The van der Waals surface area contributed by atoms with Crippen molar-refractivity contribution in [3.8, 4) is 0 Å². The number of aromatic nitrogens is 1. The van der Waals surface area contributed by atoms with Crippen LogP contribution in [-0.2, 0) is 4.79 Å². The van der Waals surface area contributed by atoms with Gasteiger partial charge in [-0.2, -0.15) is 0 Å². The number of amides is 1. The van der Waals surface area contributed by atoms with E-state index in [1.807, 2.05) is 13.0 Å². The molecule has 1 aromatic rings. The van der Waals surface area contributed by atoms with E-state index in [-0.39, 0.29) is 5.91 Å². The first-order chi connectivity index (χ1) is 7.13. The highest BCUT2D eigenvalue weighted by Gasteiger charge is 2.04. The number of rotatable bonds is 4. The largest absolute Gasteiger partial charge is 0.330 e. The molecule has 0 unspecified atom stereocenters. The molecule has 1 rings (SSSR count). The third-order valence-electron chi connectivity index (χ3n) is 1.93. The molecule has 0 saturated carbocycles. The molecule has 0 radical (unpaired) electrons. The molecule has 3 N–H and O–H groups in total. The minimum atomic E-state index is -0.0207. The zero-order valence-corrected chi connectivity index (χ0v) is 10.2. The second-order valence-electron chi connectivity index (χ2n) is 3.21. The van der Waals surface area contributed by atoms with Crippen LogP contribution in [0.4, 0.5) is 5.69 Å². The fraction of sp³-hybridized carbons (Fsp3) is 0.400. The number of nitrogens with one attached hydrogen (secondary N) is 1. The average Bonchev–Trinajstić information content (AvgIpc) is 2.19. The molecule has 1 amide bonds. The predicted molar refractivity (Wildman–Crippen MR) is 63.6 cm³/mol. The molecular weight excluding hydrogens is 258 g/mol. The molecule has 15 heavy (non-hydrogen) atoms. The van der Waals surface area contributed by atoms with E-state index in [9.17, 15) is 4.79 Å². The van der Waals surface area contributed by atoms with Gasteiger partial charge in [-0.1, -0.05) is 0 Å². The number of hydrogen-bond donors (Lipinski definition) is 2. The molecule has 0 fully saturated rings. The van der Waals surface area contributed by atoms with Crippen LogP contribution in [0.25, 0.3) is 0 Å². The van der Waals surface area contributed by atoms with Crippen molar-refractivity contribution in [1.82, 2.24) is 4.98 Å². The van der Waals surface area contributed by atoms with Gasteiger partial charge in [0, 0.05) is 6.42 Å². The number of nitrogens with two attached hydrogens (primary N) is 1. The van der Waals surface area contributed by atoms with E-state index < -0.39 is 0 Å². The van der Waals surface area contributed by atoms with Crippen molar-refractivity contribution < 1.29 is 4.79 Å². The summed E-state index contributed by atoms with van der Waals surface area (Å²) in [6.07, 6.45) is 1.15. The van der Waals surface area contributed by atoms with Crippen LogP contribution in [0, 0.1) is 6.92 Å². The van der Waals surface area contributed by atoms with Crippen molar-refractivity contribution in [1.29, 1.82) is 0 Å². The number of nitrogens with zero attached hydrogens (tertiary/aromatic N) is 1. The van der Waals surface area contributed by atoms with E-state index in [0.717, 1.165) is 16.0 Å². The van der Waals surface area contributed by atoms with E-state index in [1.54, 1.807) is 6.07 Å². The number of halogens is 1. The Labute approximate surface area is 97.4 Å². The molecule has 0 aromatic carbocycles. The number of hydrogen-bond acceptors (Lipinski definition) is 3. The minimum Gasteiger partial charge on any atom is -0.330 e. The Kier molecular flexibility index (Phi) is 4.71. The summed E-state index contributed by atoms with van der Waals surface area (Å²) < 4.78 is 0.764. The van der Waals surface area contributed by atoms with Crippen molar-refractivity contribution in [2.75, 3.05) is 11.9 Å². The maximum atomic E-state index is 11.4. The van der Waals surface area contributed by atoms with E-state index in [4.69, 9.17) is 5.73 Å². The zero-order valence-electron chi connectivity index (χ0n) is 8.59. The van der Waals surface area contributed by atoms with Crippen LogP contribution in [0.5, 0.6) is 0 Å². The normalized spacial score (nSPS) is 10.1. The Morgan fingerprint density at radius 3 is 2.93 bits per heavy atom. The van der Waals surface area contributed by atoms with Gasteiger partial charge in [-0.3, -0.25) is 4.79 Å². The van der Waals surface area contributed by atoms with Crippen molar-refractivity contribution in [2.45, 2.75) is 19.8 Å². The number of anilines is 1. The molecule has 0 saturated heterocycles. The highest BCUT2D eigenvalue weighted by atomic mass is 79.9. The molecule has 1 aromatic heterocycles. The quantitative estimate of drug-likeness (QED) is 0.822. The zero-order chi connectivity index (χ0) is 11.3. The number of pyridine rings is 1. The van der Waals surface area contributed by atoms with Gasteiger partial charge in [0.1, 0.15) is 4.60 Å². The average molecular weight is 272 g/mol. The second kappa shape index (κ2) is 5.82. The van der Waals surface area contributed by atoms with Crippen LogP contribution >= 0.6 is 15.9 Å². The maximum absolute atomic E-state index is 11.4. The summed E-state index contributed by atoms with van der Waals surface area (Å²) >= 11 is 3.26. The van der Waals surface area contributed by atoms with Crippen LogP contribution in [0.15, 0.2) is 16.7 Å². The van der Waals surface area contributed by atoms with Gasteiger partial charge >= 0.3 is 0 Å². The summed E-state index contributed by atoms with van der Waals surface area (Å²) in [5.74, 6) is -0.0207. The Balaban J connectivity index is 2.60. The molecule has 0 atom stereocenters. The van der Waals surface area contributed by atoms with Gasteiger partial charge in [0.05, 0.1) is 11.4 Å². The molecule has 4 nitrogen and oxygen atoms in total. The summed E-state index contributed by atoms with van der Waals surface area (Å²) in [5, 5.41) is 2.79. The van der Waals surface area contributed by atoms with Crippen LogP contribution < -0.4 is 11.1 Å². The molecule has 0 aliphatic carbocycles. The summed E-state index contributed by atoms with van der Waals surface area (Å²) in [4.78, 5) is 15.6. The van der Waals surface area contributed by atoms with E-state index >= 15 is 0 Å².